The number of nitrogens with zero attached hydrogens (tertiary/aromatic N) is 2. The fourth-order valence-electron chi connectivity index (χ4n) is 2.86. The Bertz CT molecular complexity index is 1050. The molecule has 27 heavy (non-hydrogen) atoms. The molecule has 1 saturated heterocycles. The van der Waals surface area contributed by atoms with Gasteiger partial charge in [-0.25, -0.2) is 9.69 Å². The Morgan fingerprint density at radius 3 is 2.04 bits per heavy atom. The summed E-state index contributed by atoms with van der Waals surface area (Å²) < 4.78 is 1.90. The largest absolute Gasteiger partial charge is 0.333 e. The lowest BCUT2D eigenvalue weighted by Crippen LogP contribution is -2.30. The quantitative estimate of drug-likeness (QED) is 0.505. The fourth-order valence-corrected chi connectivity index (χ4v) is 3.11. The number of hydrogen-bond acceptors (Lipinski definition) is 2. The maximum atomic E-state index is 12.7. The lowest BCUT2D eigenvalue weighted by molar-refractivity contribution is -0.113. The minimum absolute atomic E-state index is 0.198. The van der Waals surface area contributed by atoms with Crippen molar-refractivity contribution < 1.29 is 9.59 Å². The standard InChI is InChI=1S/C20H13Cl2N3O2/c21-13-3-7-15(8-4-13)24-11-1-2-17(24)12-18-19(26)25(20(27)23-18)16-9-5-14(22)6-10-16/h1-12H,(H,23,27)/b18-12+. The first kappa shape index (κ1) is 17.4. The molecule has 1 fully saturated rings. The summed E-state index contributed by atoms with van der Waals surface area (Å²) >= 11 is 11.8. The van der Waals surface area contributed by atoms with E-state index in [0.29, 0.717) is 15.7 Å². The first-order chi connectivity index (χ1) is 13.0. The number of imide groups is 1. The lowest BCUT2D eigenvalue weighted by atomic mass is 10.2. The van der Waals surface area contributed by atoms with Crippen molar-refractivity contribution in [1.82, 2.24) is 9.88 Å². The van der Waals surface area contributed by atoms with Crippen LogP contribution < -0.4 is 10.2 Å². The third kappa shape index (κ3) is 3.35. The van der Waals surface area contributed by atoms with Crippen molar-refractivity contribution in [1.29, 1.82) is 0 Å². The third-order valence-electron chi connectivity index (χ3n) is 4.14. The molecule has 2 heterocycles. The molecule has 2 aromatic carbocycles. The second-order valence-electron chi connectivity index (χ2n) is 5.88. The molecular formula is C20H13Cl2N3O2. The molecule has 0 spiro atoms. The second kappa shape index (κ2) is 6.95. The van der Waals surface area contributed by atoms with Crippen LogP contribution >= 0.6 is 23.2 Å². The average Bonchev–Trinajstić information content (AvgIpc) is 3.22. The van der Waals surface area contributed by atoms with Crippen LogP contribution in [0.2, 0.25) is 10.0 Å². The van der Waals surface area contributed by atoms with Gasteiger partial charge >= 0.3 is 6.03 Å². The van der Waals surface area contributed by atoms with Gasteiger partial charge in [-0.15, -0.1) is 0 Å². The highest BCUT2D eigenvalue weighted by Crippen LogP contribution is 2.25. The number of carbonyl (C=O) groups is 2. The maximum Gasteiger partial charge on any atom is 0.333 e. The number of amides is 3. The third-order valence-corrected chi connectivity index (χ3v) is 4.64. The Kier molecular flexibility index (Phi) is 4.48. The molecule has 4 rings (SSSR count). The van der Waals surface area contributed by atoms with E-state index in [0.717, 1.165) is 16.3 Å². The van der Waals surface area contributed by atoms with Crippen LogP contribution in [-0.4, -0.2) is 16.5 Å². The molecule has 1 aromatic heterocycles. The van der Waals surface area contributed by atoms with Crippen molar-refractivity contribution >= 4 is 46.9 Å². The van der Waals surface area contributed by atoms with Crippen molar-refractivity contribution in [2.75, 3.05) is 4.90 Å². The number of benzene rings is 2. The van der Waals surface area contributed by atoms with Crippen LogP contribution in [0.15, 0.2) is 72.6 Å². The van der Waals surface area contributed by atoms with Gasteiger partial charge in [0, 0.05) is 27.6 Å². The van der Waals surface area contributed by atoms with Gasteiger partial charge in [0.1, 0.15) is 5.70 Å². The van der Waals surface area contributed by atoms with E-state index in [1.54, 1.807) is 42.5 Å². The zero-order chi connectivity index (χ0) is 19.0. The molecular weight excluding hydrogens is 385 g/mol. The lowest BCUT2D eigenvalue weighted by Gasteiger charge is -2.11. The molecule has 0 atom stereocenters. The summed E-state index contributed by atoms with van der Waals surface area (Å²) in [5.41, 5.74) is 2.30. The minimum Gasteiger partial charge on any atom is -0.317 e. The predicted octanol–water partition coefficient (Wildman–Crippen LogP) is 4.88. The summed E-state index contributed by atoms with van der Waals surface area (Å²) in [5, 5.41) is 3.80. The van der Waals surface area contributed by atoms with E-state index in [-0.39, 0.29) is 5.70 Å². The van der Waals surface area contributed by atoms with Crippen molar-refractivity contribution in [3.8, 4) is 5.69 Å². The number of anilines is 1. The van der Waals surface area contributed by atoms with Gasteiger partial charge in [0.05, 0.1) is 5.69 Å². The molecule has 7 heteroatoms. The molecule has 1 aliphatic heterocycles. The van der Waals surface area contributed by atoms with Crippen LogP contribution in [0.4, 0.5) is 10.5 Å². The van der Waals surface area contributed by atoms with E-state index in [9.17, 15) is 9.59 Å². The van der Waals surface area contributed by atoms with E-state index in [4.69, 9.17) is 23.2 Å². The summed E-state index contributed by atoms with van der Waals surface area (Å²) in [6.45, 7) is 0. The summed E-state index contributed by atoms with van der Waals surface area (Å²) in [5.74, 6) is -0.425. The summed E-state index contributed by atoms with van der Waals surface area (Å²) in [6.07, 6.45) is 3.51. The van der Waals surface area contributed by atoms with Crippen LogP contribution in [0.5, 0.6) is 0 Å². The molecule has 0 radical (unpaired) electrons. The minimum atomic E-state index is -0.502. The van der Waals surface area contributed by atoms with Gasteiger partial charge in [0.2, 0.25) is 0 Å². The van der Waals surface area contributed by atoms with Gasteiger partial charge in [0.25, 0.3) is 5.91 Å². The molecule has 0 bridgehead atoms. The Balaban J connectivity index is 1.67. The smallest absolute Gasteiger partial charge is 0.317 e. The number of carbonyl (C=O) groups excluding carboxylic acids is 2. The van der Waals surface area contributed by atoms with E-state index in [1.807, 2.05) is 35.0 Å². The van der Waals surface area contributed by atoms with Crippen LogP contribution in [0, 0.1) is 0 Å². The molecule has 1 N–H and O–H groups in total. The number of rotatable bonds is 3. The number of halogens is 2. The van der Waals surface area contributed by atoms with Crippen LogP contribution in [-0.2, 0) is 4.79 Å². The Morgan fingerprint density at radius 1 is 0.815 bits per heavy atom. The molecule has 0 aliphatic carbocycles. The van der Waals surface area contributed by atoms with E-state index in [1.165, 1.54) is 0 Å². The van der Waals surface area contributed by atoms with Crippen LogP contribution in [0.25, 0.3) is 11.8 Å². The highest BCUT2D eigenvalue weighted by Gasteiger charge is 2.35. The van der Waals surface area contributed by atoms with E-state index in [2.05, 4.69) is 5.32 Å². The second-order valence-corrected chi connectivity index (χ2v) is 6.76. The Hall–Kier alpha value is -3.02. The monoisotopic (exact) mass is 397 g/mol. The highest BCUT2D eigenvalue weighted by atomic mass is 35.5. The fraction of sp³-hybridized carbons (Fsp3) is 0. The van der Waals surface area contributed by atoms with Gasteiger partial charge in [-0.2, -0.15) is 0 Å². The van der Waals surface area contributed by atoms with Crippen molar-refractivity contribution in [3.05, 3.63) is 88.3 Å². The number of hydrogen-bond donors (Lipinski definition) is 1. The van der Waals surface area contributed by atoms with Gasteiger partial charge < -0.3 is 9.88 Å². The molecule has 0 unspecified atom stereocenters. The van der Waals surface area contributed by atoms with Gasteiger partial charge in [-0.05, 0) is 66.7 Å². The summed E-state index contributed by atoms with van der Waals surface area (Å²) in [4.78, 5) is 26.1. The summed E-state index contributed by atoms with van der Waals surface area (Å²) in [6, 6.07) is 17.0. The molecule has 0 saturated carbocycles. The van der Waals surface area contributed by atoms with E-state index >= 15 is 0 Å². The normalized spacial score (nSPS) is 15.5. The van der Waals surface area contributed by atoms with Gasteiger partial charge in [0.15, 0.2) is 0 Å². The van der Waals surface area contributed by atoms with Crippen molar-refractivity contribution in [3.63, 3.8) is 0 Å². The van der Waals surface area contributed by atoms with Crippen molar-refractivity contribution in [2.24, 2.45) is 0 Å². The molecule has 5 nitrogen and oxygen atoms in total. The maximum absolute atomic E-state index is 12.7. The number of aromatic nitrogens is 1. The van der Waals surface area contributed by atoms with Crippen LogP contribution in [0.3, 0.4) is 0 Å². The molecule has 3 amide bonds. The van der Waals surface area contributed by atoms with Gasteiger partial charge in [-0.3, -0.25) is 4.79 Å². The number of urea groups is 1. The zero-order valence-electron chi connectivity index (χ0n) is 13.9. The highest BCUT2D eigenvalue weighted by molar-refractivity contribution is 6.31. The predicted molar refractivity (Wildman–Crippen MR) is 106 cm³/mol. The van der Waals surface area contributed by atoms with E-state index < -0.39 is 11.9 Å². The summed E-state index contributed by atoms with van der Waals surface area (Å²) in [7, 11) is 0. The Labute approximate surface area is 165 Å². The average molecular weight is 398 g/mol. The van der Waals surface area contributed by atoms with Crippen LogP contribution in [0.1, 0.15) is 5.69 Å². The molecule has 1 aliphatic rings. The molecule has 3 aromatic rings. The SMILES string of the molecule is O=C1N/C(=C/c2cccn2-c2ccc(Cl)cc2)C(=O)N1c1ccc(Cl)cc1. The topological polar surface area (TPSA) is 54.3 Å². The molecule has 134 valence electrons. The number of nitrogens with one attached hydrogen (secondary N) is 1. The van der Waals surface area contributed by atoms with Crippen molar-refractivity contribution in [2.45, 2.75) is 0 Å². The van der Waals surface area contributed by atoms with Gasteiger partial charge in [-0.1, -0.05) is 23.2 Å². The first-order valence-corrected chi connectivity index (χ1v) is 8.84. The first-order valence-electron chi connectivity index (χ1n) is 8.09. The Morgan fingerprint density at radius 2 is 1.41 bits per heavy atom. The zero-order valence-corrected chi connectivity index (χ0v) is 15.4.